The molecule has 0 unspecified atom stereocenters. The standard InChI is InChI=1S/C16H15IO/c1-10-7-11(2)9-13(8-10)16(18)14-6-4-5-12(3)15(14)17/h4-9H,1-3H3. The molecule has 0 spiro atoms. The van der Waals surface area contributed by atoms with Crippen molar-refractivity contribution in [3.8, 4) is 0 Å². The van der Waals surface area contributed by atoms with Crippen molar-refractivity contribution in [1.29, 1.82) is 0 Å². The summed E-state index contributed by atoms with van der Waals surface area (Å²) in [6.07, 6.45) is 0. The number of hydrogen-bond acceptors (Lipinski definition) is 1. The Labute approximate surface area is 121 Å². The molecule has 0 saturated carbocycles. The van der Waals surface area contributed by atoms with Crippen LogP contribution in [0.4, 0.5) is 0 Å². The maximum Gasteiger partial charge on any atom is 0.194 e. The van der Waals surface area contributed by atoms with Gasteiger partial charge in [-0.3, -0.25) is 4.79 Å². The predicted molar refractivity (Wildman–Crippen MR) is 83.2 cm³/mol. The highest BCUT2D eigenvalue weighted by molar-refractivity contribution is 14.1. The van der Waals surface area contributed by atoms with Crippen LogP contribution < -0.4 is 0 Å². The van der Waals surface area contributed by atoms with Gasteiger partial charge in [0.1, 0.15) is 0 Å². The van der Waals surface area contributed by atoms with Crippen LogP contribution in [0.5, 0.6) is 0 Å². The Morgan fingerprint density at radius 2 is 1.61 bits per heavy atom. The number of aryl methyl sites for hydroxylation is 3. The summed E-state index contributed by atoms with van der Waals surface area (Å²) < 4.78 is 1.04. The topological polar surface area (TPSA) is 17.1 Å². The Kier molecular flexibility index (Phi) is 3.85. The van der Waals surface area contributed by atoms with E-state index >= 15 is 0 Å². The molecule has 0 aliphatic heterocycles. The molecule has 0 atom stereocenters. The number of carbonyl (C=O) groups excluding carboxylic acids is 1. The number of halogens is 1. The van der Waals surface area contributed by atoms with E-state index in [-0.39, 0.29) is 5.78 Å². The first-order valence-electron chi connectivity index (χ1n) is 5.87. The lowest BCUT2D eigenvalue weighted by molar-refractivity contribution is 0.103. The van der Waals surface area contributed by atoms with Crippen LogP contribution >= 0.6 is 22.6 Å². The second-order valence-electron chi connectivity index (χ2n) is 4.64. The summed E-state index contributed by atoms with van der Waals surface area (Å²) in [5.74, 6) is 0.106. The number of hydrogen-bond donors (Lipinski definition) is 0. The first-order chi connectivity index (χ1) is 8.49. The Bertz CT molecular complexity index is 594. The average molecular weight is 350 g/mol. The molecule has 0 aromatic heterocycles. The minimum atomic E-state index is 0.106. The highest BCUT2D eigenvalue weighted by Gasteiger charge is 2.14. The molecular formula is C16H15IO. The van der Waals surface area contributed by atoms with Gasteiger partial charge in [-0.2, -0.15) is 0 Å². The molecule has 0 heterocycles. The Morgan fingerprint density at radius 1 is 1.00 bits per heavy atom. The number of benzene rings is 2. The molecule has 2 rings (SSSR count). The van der Waals surface area contributed by atoms with Crippen molar-refractivity contribution < 1.29 is 4.79 Å². The summed E-state index contributed by atoms with van der Waals surface area (Å²) in [6.45, 7) is 6.07. The monoisotopic (exact) mass is 350 g/mol. The third kappa shape index (κ3) is 2.64. The minimum Gasteiger partial charge on any atom is -0.289 e. The van der Waals surface area contributed by atoms with Crippen molar-refractivity contribution in [2.24, 2.45) is 0 Å². The van der Waals surface area contributed by atoms with E-state index in [1.165, 1.54) is 0 Å². The van der Waals surface area contributed by atoms with Gasteiger partial charge in [-0.1, -0.05) is 29.3 Å². The van der Waals surface area contributed by atoms with Crippen LogP contribution in [0.25, 0.3) is 0 Å². The normalized spacial score (nSPS) is 10.4. The van der Waals surface area contributed by atoms with Crippen molar-refractivity contribution >= 4 is 28.4 Å². The molecule has 0 radical (unpaired) electrons. The Morgan fingerprint density at radius 3 is 2.22 bits per heavy atom. The van der Waals surface area contributed by atoms with Gasteiger partial charge in [0.15, 0.2) is 5.78 Å². The fraction of sp³-hybridized carbons (Fsp3) is 0.188. The van der Waals surface area contributed by atoms with Crippen molar-refractivity contribution in [3.63, 3.8) is 0 Å². The molecule has 92 valence electrons. The minimum absolute atomic E-state index is 0.106. The molecular weight excluding hydrogens is 335 g/mol. The van der Waals surface area contributed by atoms with E-state index in [4.69, 9.17) is 0 Å². The molecule has 1 nitrogen and oxygen atoms in total. The molecule has 0 aliphatic carbocycles. The molecule has 0 bridgehead atoms. The van der Waals surface area contributed by atoms with E-state index in [2.05, 4.69) is 28.7 Å². The number of ketones is 1. The third-order valence-electron chi connectivity index (χ3n) is 2.92. The zero-order valence-electron chi connectivity index (χ0n) is 10.8. The fourth-order valence-electron chi connectivity index (χ4n) is 2.08. The molecule has 18 heavy (non-hydrogen) atoms. The maximum atomic E-state index is 12.5. The van der Waals surface area contributed by atoms with Gasteiger partial charge in [-0.25, -0.2) is 0 Å². The van der Waals surface area contributed by atoms with Crippen molar-refractivity contribution in [2.75, 3.05) is 0 Å². The third-order valence-corrected chi connectivity index (χ3v) is 4.35. The van der Waals surface area contributed by atoms with Gasteiger partial charge in [0.25, 0.3) is 0 Å². The van der Waals surface area contributed by atoms with Crippen molar-refractivity contribution in [2.45, 2.75) is 20.8 Å². The second kappa shape index (κ2) is 5.22. The van der Waals surface area contributed by atoms with E-state index in [0.29, 0.717) is 0 Å². The largest absolute Gasteiger partial charge is 0.289 e. The first-order valence-corrected chi connectivity index (χ1v) is 6.95. The number of rotatable bonds is 2. The Balaban J connectivity index is 2.51. The van der Waals surface area contributed by atoms with Crippen LogP contribution in [0.3, 0.4) is 0 Å². The lowest BCUT2D eigenvalue weighted by atomic mass is 9.98. The molecule has 0 fully saturated rings. The number of carbonyl (C=O) groups is 1. The van der Waals surface area contributed by atoms with E-state index in [9.17, 15) is 4.79 Å². The highest BCUT2D eigenvalue weighted by atomic mass is 127. The van der Waals surface area contributed by atoms with Crippen LogP contribution in [0.1, 0.15) is 32.6 Å². The van der Waals surface area contributed by atoms with E-state index in [1.54, 1.807) is 0 Å². The molecule has 2 aromatic carbocycles. The summed E-state index contributed by atoms with van der Waals surface area (Å²) in [5, 5.41) is 0. The van der Waals surface area contributed by atoms with Gasteiger partial charge in [0.05, 0.1) is 0 Å². The van der Waals surface area contributed by atoms with Gasteiger partial charge in [-0.15, -0.1) is 0 Å². The SMILES string of the molecule is Cc1cc(C)cc(C(=O)c2cccc(C)c2I)c1. The maximum absolute atomic E-state index is 12.5. The smallest absolute Gasteiger partial charge is 0.194 e. The lowest BCUT2D eigenvalue weighted by Crippen LogP contribution is -2.05. The fourth-order valence-corrected chi connectivity index (χ4v) is 2.69. The second-order valence-corrected chi connectivity index (χ2v) is 5.72. The summed E-state index contributed by atoms with van der Waals surface area (Å²) in [4.78, 5) is 12.5. The van der Waals surface area contributed by atoms with Crippen molar-refractivity contribution in [1.82, 2.24) is 0 Å². The molecule has 0 N–H and O–H groups in total. The van der Waals surface area contributed by atoms with E-state index in [1.807, 2.05) is 51.1 Å². The molecule has 0 saturated heterocycles. The van der Waals surface area contributed by atoms with Gasteiger partial charge < -0.3 is 0 Å². The van der Waals surface area contributed by atoms with Crippen LogP contribution in [0.2, 0.25) is 0 Å². The summed E-state index contributed by atoms with van der Waals surface area (Å²) in [5.41, 5.74) is 4.96. The van der Waals surface area contributed by atoms with Gasteiger partial charge in [0.2, 0.25) is 0 Å². The summed E-state index contributed by atoms with van der Waals surface area (Å²) in [6, 6.07) is 11.8. The Hall–Kier alpha value is -1.16. The predicted octanol–water partition coefficient (Wildman–Crippen LogP) is 4.45. The molecule has 0 aliphatic rings. The van der Waals surface area contributed by atoms with E-state index < -0.39 is 0 Å². The highest BCUT2D eigenvalue weighted by Crippen LogP contribution is 2.21. The lowest BCUT2D eigenvalue weighted by Gasteiger charge is -2.08. The quantitative estimate of drug-likeness (QED) is 0.578. The van der Waals surface area contributed by atoms with Gasteiger partial charge in [-0.05, 0) is 67.1 Å². The first kappa shape index (κ1) is 13.3. The summed E-state index contributed by atoms with van der Waals surface area (Å²) >= 11 is 2.24. The summed E-state index contributed by atoms with van der Waals surface area (Å²) in [7, 11) is 0. The van der Waals surface area contributed by atoms with Crippen LogP contribution in [-0.4, -0.2) is 5.78 Å². The van der Waals surface area contributed by atoms with Gasteiger partial charge >= 0.3 is 0 Å². The zero-order chi connectivity index (χ0) is 13.3. The van der Waals surface area contributed by atoms with Crippen LogP contribution in [0.15, 0.2) is 36.4 Å². The molecule has 0 amide bonds. The average Bonchev–Trinajstić information content (AvgIpc) is 2.30. The zero-order valence-corrected chi connectivity index (χ0v) is 12.9. The molecule has 2 heteroatoms. The molecule has 2 aromatic rings. The van der Waals surface area contributed by atoms with Crippen LogP contribution in [0, 0.1) is 24.3 Å². The van der Waals surface area contributed by atoms with Crippen LogP contribution in [-0.2, 0) is 0 Å². The van der Waals surface area contributed by atoms with E-state index in [0.717, 1.165) is 31.4 Å². The van der Waals surface area contributed by atoms with Gasteiger partial charge in [0, 0.05) is 14.7 Å². The van der Waals surface area contributed by atoms with Crippen molar-refractivity contribution in [3.05, 3.63) is 67.8 Å².